The number of thioether (sulfide) groups is 1. The Morgan fingerprint density at radius 1 is 1.11 bits per heavy atom. The van der Waals surface area contributed by atoms with E-state index < -0.39 is 5.97 Å². The second-order valence-electron chi connectivity index (χ2n) is 5.86. The normalized spacial score (nSPS) is 10.9. The number of nitrogens with one attached hydrogen (secondary N) is 1. The highest BCUT2D eigenvalue weighted by molar-refractivity contribution is 7.99. The van der Waals surface area contributed by atoms with Gasteiger partial charge in [0.15, 0.2) is 11.0 Å². The quantitative estimate of drug-likeness (QED) is 0.471. The molecule has 142 valence electrons. The molecule has 1 amide bonds. The molecule has 0 unspecified atom stereocenters. The lowest BCUT2D eigenvalue weighted by atomic mass is 10.2. The summed E-state index contributed by atoms with van der Waals surface area (Å²) in [5, 5.41) is 20.3. The van der Waals surface area contributed by atoms with Crippen molar-refractivity contribution < 1.29 is 14.7 Å². The minimum Gasteiger partial charge on any atom is -0.481 e. The molecule has 3 aromatic rings. The highest BCUT2D eigenvalue weighted by Crippen LogP contribution is 2.23. The molecule has 8 heteroatoms. The average molecular weight is 394 g/mol. The minimum absolute atomic E-state index is 0.0760. The van der Waals surface area contributed by atoms with Crippen LogP contribution in [0.15, 0.2) is 65.8 Å². The Morgan fingerprint density at radius 3 is 2.50 bits per heavy atom. The van der Waals surface area contributed by atoms with E-state index in [1.54, 1.807) is 29.8 Å². The first-order valence-corrected chi connectivity index (χ1v) is 9.40. The van der Waals surface area contributed by atoms with Gasteiger partial charge < -0.3 is 15.0 Å². The Bertz CT molecular complexity index is 998. The molecule has 0 bridgehead atoms. The van der Waals surface area contributed by atoms with Crippen molar-refractivity contribution in [2.75, 3.05) is 11.1 Å². The molecule has 2 aromatic carbocycles. The van der Waals surface area contributed by atoms with Crippen LogP contribution in [0.5, 0.6) is 0 Å². The number of benzene rings is 2. The van der Waals surface area contributed by atoms with Gasteiger partial charge in [0, 0.05) is 24.4 Å². The number of nitrogens with zero attached hydrogens (tertiary/aromatic N) is 3. The van der Waals surface area contributed by atoms with Crippen molar-refractivity contribution in [3.63, 3.8) is 0 Å². The molecule has 0 radical (unpaired) electrons. The van der Waals surface area contributed by atoms with Crippen LogP contribution < -0.4 is 5.32 Å². The number of carbonyl (C=O) groups is 2. The van der Waals surface area contributed by atoms with Crippen molar-refractivity contribution in [2.24, 2.45) is 7.05 Å². The lowest BCUT2D eigenvalue weighted by Crippen LogP contribution is -2.07. The van der Waals surface area contributed by atoms with Gasteiger partial charge in [0.25, 0.3) is 0 Å². The van der Waals surface area contributed by atoms with Crippen LogP contribution in [0.4, 0.5) is 5.69 Å². The van der Waals surface area contributed by atoms with Crippen molar-refractivity contribution in [3.05, 3.63) is 66.2 Å². The maximum absolute atomic E-state index is 12.0. The van der Waals surface area contributed by atoms with Gasteiger partial charge in [0.1, 0.15) is 0 Å². The first-order valence-electron chi connectivity index (χ1n) is 8.41. The van der Waals surface area contributed by atoms with Gasteiger partial charge in [0.2, 0.25) is 5.91 Å². The molecule has 0 saturated heterocycles. The highest BCUT2D eigenvalue weighted by atomic mass is 32.2. The zero-order valence-corrected chi connectivity index (χ0v) is 15.9. The summed E-state index contributed by atoms with van der Waals surface area (Å²) < 4.78 is 1.74. The number of hydrogen-bond donors (Lipinski definition) is 2. The predicted octanol–water partition coefficient (Wildman–Crippen LogP) is 3.31. The Hall–Kier alpha value is -3.39. The fourth-order valence-corrected chi connectivity index (χ4v) is 3.07. The van der Waals surface area contributed by atoms with Crippen molar-refractivity contribution >= 4 is 35.4 Å². The van der Waals surface area contributed by atoms with Crippen LogP contribution in [0.25, 0.3) is 17.5 Å². The average Bonchev–Trinajstić information content (AvgIpc) is 3.06. The van der Waals surface area contributed by atoms with Gasteiger partial charge in [-0.25, -0.2) is 0 Å². The number of aromatic nitrogens is 3. The van der Waals surface area contributed by atoms with E-state index in [9.17, 15) is 9.59 Å². The first kappa shape index (κ1) is 19.4. The monoisotopic (exact) mass is 394 g/mol. The fourth-order valence-electron chi connectivity index (χ4n) is 2.44. The van der Waals surface area contributed by atoms with Gasteiger partial charge in [-0.1, -0.05) is 42.1 Å². The molecule has 0 atom stereocenters. The SMILES string of the molecule is Cn1c(SCC(=O)O)nnc1-c1ccc(NC(=O)C=Cc2ccccc2)cc1. The lowest BCUT2D eigenvalue weighted by molar-refractivity contribution is -0.133. The van der Waals surface area contributed by atoms with Crippen molar-refractivity contribution in [3.8, 4) is 11.4 Å². The third-order valence-corrected chi connectivity index (χ3v) is 4.80. The van der Waals surface area contributed by atoms with E-state index in [1.165, 1.54) is 6.08 Å². The van der Waals surface area contributed by atoms with Gasteiger partial charge in [-0.3, -0.25) is 9.59 Å². The number of carboxylic acid groups (broad SMARTS) is 1. The van der Waals surface area contributed by atoms with E-state index in [0.29, 0.717) is 16.7 Å². The third kappa shape index (κ3) is 5.08. The van der Waals surface area contributed by atoms with Gasteiger partial charge in [-0.15, -0.1) is 10.2 Å². The van der Waals surface area contributed by atoms with Crippen LogP contribution in [-0.4, -0.2) is 37.5 Å². The van der Waals surface area contributed by atoms with Gasteiger partial charge in [-0.2, -0.15) is 0 Å². The number of anilines is 1. The Labute approximate surface area is 166 Å². The largest absolute Gasteiger partial charge is 0.481 e. The Balaban J connectivity index is 1.64. The van der Waals surface area contributed by atoms with Crippen LogP contribution in [0.1, 0.15) is 5.56 Å². The van der Waals surface area contributed by atoms with Gasteiger partial charge in [-0.05, 0) is 35.9 Å². The fraction of sp³-hybridized carbons (Fsp3) is 0.100. The van der Waals surface area contributed by atoms with Crippen molar-refractivity contribution in [1.82, 2.24) is 14.8 Å². The molecule has 28 heavy (non-hydrogen) atoms. The molecule has 7 nitrogen and oxygen atoms in total. The summed E-state index contributed by atoms with van der Waals surface area (Å²) in [7, 11) is 1.78. The third-order valence-electron chi connectivity index (χ3n) is 3.80. The Morgan fingerprint density at radius 2 is 1.82 bits per heavy atom. The molecule has 0 aliphatic rings. The van der Waals surface area contributed by atoms with Crippen LogP contribution >= 0.6 is 11.8 Å². The molecule has 2 N–H and O–H groups in total. The van der Waals surface area contributed by atoms with Gasteiger partial charge in [0.05, 0.1) is 5.75 Å². The summed E-state index contributed by atoms with van der Waals surface area (Å²) in [6, 6.07) is 16.8. The number of hydrogen-bond acceptors (Lipinski definition) is 5. The van der Waals surface area contributed by atoms with E-state index in [2.05, 4.69) is 15.5 Å². The summed E-state index contributed by atoms with van der Waals surface area (Å²) in [6.07, 6.45) is 3.23. The minimum atomic E-state index is -0.907. The predicted molar refractivity (Wildman–Crippen MR) is 109 cm³/mol. The second-order valence-corrected chi connectivity index (χ2v) is 6.80. The van der Waals surface area contributed by atoms with Gasteiger partial charge >= 0.3 is 5.97 Å². The van der Waals surface area contributed by atoms with E-state index in [-0.39, 0.29) is 11.7 Å². The first-order chi connectivity index (χ1) is 13.5. The zero-order valence-electron chi connectivity index (χ0n) is 15.1. The maximum atomic E-state index is 12.0. The smallest absolute Gasteiger partial charge is 0.313 e. The summed E-state index contributed by atoms with van der Waals surface area (Å²) in [4.78, 5) is 22.7. The van der Waals surface area contributed by atoms with Crippen molar-refractivity contribution in [1.29, 1.82) is 0 Å². The molecule has 1 aromatic heterocycles. The van der Waals surface area contributed by atoms with E-state index in [4.69, 9.17) is 5.11 Å². The summed E-state index contributed by atoms with van der Waals surface area (Å²) in [6.45, 7) is 0. The molecule has 0 aliphatic carbocycles. The van der Waals surface area contributed by atoms with Crippen LogP contribution in [0, 0.1) is 0 Å². The van der Waals surface area contributed by atoms with E-state index in [0.717, 1.165) is 22.9 Å². The topological polar surface area (TPSA) is 97.1 Å². The molecule has 0 aliphatic heterocycles. The summed E-state index contributed by atoms with van der Waals surface area (Å²) in [5.41, 5.74) is 2.43. The number of rotatable bonds is 7. The molecule has 0 spiro atoms. The maximum Gasteiger partial charge on any atom is 0.313 e. The second kappa shape index (κ2) is 9.01. The van der Waals surface area contributed by atoms with E-state index in [1.807, 2.05) is 42.5 Å². The molecule has 1 heterocycles. The number of carbonyl (C=O) groups excluding carboxylic acids is 1. The van der Waals surface area contributed by atoms with Crippen LogP contribution in [-0.2, 0) is 16.6 Å². The van der Waals surface area contributed by atoms with Crippen LogP contribution in [0.2, 0.25) is 0 Å². The molecular formula is C20H18N4O3S. The molecule has 3 rings (SSSR count). The molecule has 0 saturated carbocycles. The molecular weight excluding hydrogens is 376 g/mol. The molecule has 0 fully saturated rings. The number of aliphatic carboxylic acids is 1. The van der Waals surface area contributed by atoms with E-state index >= 15 is 0 Å². The zero-order chi connectivity index (χ0) is 19.9. The standard InChI is InChI=1S/C20H18N4O3S/c1-24-19(22-23-20(24)28-13-18(26)27)15-8-10-16(11-9-15)21-17(25)12-7-14-5-3-2-4-6-14/h2-12H,13H2,1H3,(H,21,25)(H,26,27). The summed E-state index contributed by atoms with van der Waals surface area (Å²) in [5.74, 6) is -0.582. The highest BCUT2D eigenvalue weighted by Gasteiger charge is 2.12. The lowest BCUT2D eigenvalue weighted by Gasteiger charge is -2.05. The Kier molecular flexibility index (Phi) is 6.23. The number of amides is 1. The van der Waals surface area contributed by atoms with Crippen molar-refractivity contribution in [2.45, 2.75) is 5.16 Å². The summed E-state index contributed by atoms with van der Waals surface area (Å²) >= 11 is 1.11. The number of carboxylic acids is 1. The van der Waals surface area contributed by atoms with Crippen LogP contribution in [0.3, 0.4) is 0 Å².